The molecule has 32 heavy (non-hydrogen) atoms. The molecule has 0 aliphatic carbocycles. The molecule has 4 rings (SSSR count). The van der Waals surface area contributed by atoms with Crippen molar-refractivity contribution in [3.05, 3.63) is 71.2 Å². The van der Waals surface area contributed by atoms with Gasteiger partial charge in [0.05, 0.1) is 18.2 Å². The maximum absolute atomic E-state index is 12.6. The number of ether oxygens (including phenoxy) is 1. The number of carbonyl (C=O) groups is 2. The monoisotopic (exact) mass is 451 g/mol. The fourth-order valence-corrected chi connectivity index (χ4v) is 4.49. The van der Waals surface area contributed by atoms with Gasteiger partial charge in [-0.3, -0.25) is 14.5 Å². The average Bonchev–Trinajstić information content (AvgIpc) is 3.34. The van der Waals surface area contributed by atoms with Crippen LogP contribution in [-0.2, 0) is 9.59 Å². The Bertz CT molecular complexity index is 1120. The molecule has 1 fully saturated rings. The van der Waals surface area contributed by atoms with Crippen LogP contribution in [0, 0.1) is 0 Å². The highest BCUT2D eigenvalue weighted by atomic mass is 35.5. The number of nitrogens with zero attached hydrogens (tertiary/aromatic N) is 1. The van der Waals surface area contributed by atoms with Crippen molar-refractivity contribution in [3.8, 4) is 5.75 Å². The summed E-state index contributed by atoms with van der Waals surface area (Å²) in [4.78, 5) is 27.4. The van der Waals surface area contributed by atoms with Crippen LogP contribution >= 0.6 is 11.6 Å². The van der Waals surface area contributed by atoms with Crippen LogP contribution in [0.2, 0.25) is 5.02 Å². The summed E-state index contributed by atoms with van der Waals surface area (Å²) in [5.41, 5.74) is 1.59. The van der Waals surface area contributed by atoms with Crippen molar-refractivity contribution < 1.29 is 14.3 Å². The Morgan fingerprint density at radius 1 is 1.03 bits per heavy atom. The lowest BCUT2D eigenvalue weighted by Crippen LogP contribution is -2.41. The summed E-state index contributed by atoms with van der Waals surface area (Å²) in [6.45, 7) is 2.30. The zero-order valence-electron chi connectivity index (χ0n) is 17.9. The summed E-state index contributed by atoms with van der Waals surface area (Å²) in [5.74, 6) is -0.914. The number of fused-ring (bicyclic) bond motifs is 1. The molecule has 1 aliphatic rings. The van der Waals surface area contributed by atoms with Crippen molar-refractivity contribution in [1.82, 2.24) is 10.2 Å². The number of amides is 2. The minimum atomic E-state index is -0.732. The van der Waals surface area contributed by atoms with Crippen LogP contribution < -0.4 is 15.4 Å². The third-order valence-corrected chi connectivity index (χ3v) is 6.13. The molecule has 2 amide bonds. The van der Waals surface area contributed by atoms with Crippen LogP contribution in [0.15, 0.2) is 60.7 Å². The van der Waals surface area contributed by atoms with Crippen LogP contribution in [0.5, 0.6) is 5.75 Å². The number of anilines is 1. The van der Waals surface area contributed by atoms with Crippen molar-refractivity contribution >= 4 is 39.9 Å². The van der Waals surface area contributed by atoms with Gasteiger partial charge in [-0.05, 0) is 60.5 Å². The van der Waals surface area contributed by atoms with Gasteiger partial charge in [-0.15, -0.1) is 0 Å². The van der Waals surface area contributed by atoms with Gasteiger partial charge < -0.3 is 15.4 Å². The van der Waals surface area contributed by atoms with Gasteiger partial charge in [-0.25, -0.2) is 0 Å². The largest absolute Gasteiger partial charge is 0.495 e. The van der Waals surface area contributed by atoms with E-state index in [0.29, 0.717) is 23.0 Å². The number of likely N-dealkylation sites (tertiary alicyclic amines) is 1. The number of carbonyl (C=O) groups excluding carboxylic acids is 2. The van der Waals surface area contributed by atoms with Crippen molar-refractivity contribution in [2.24, 2.45) is 0 Å². The number of methoxy groups -OCH3 is 1. The lowest BCUT2D eigenvalue weighted by molar-refractivity contribution is -0.136. The molecule has 1 saturated heterocycles. The minimum absolute atomic E-state index is 0.00391. The van der Waals surface area contributed by atoms with E-state index in [0.717, 1.165) is 36.9 Å². The Kier molecular flexibility index (Phi) is 6.93. The normalized spacial score (nSPS) is 14.8. The summed E-state index contributed by atoms with van der Waals surface area (Å²) >= 11 is 6.10. The smallest absolute Gasteiger partial charge is 0.313 e. The predicted molar refractivity (Wildman–Crippen MR) is 127 cm³/mol. The first kappa shape index (κ1) is 22.1. The molecule has 2 N–H and O–H groups in total. The summed E-state index contributed by atoms with van der Waals surface area (Å²) in [6, 6.07) is 19.3. The molecular weight excluding hydrogens is 426 g/mol. The summed E-state index contributed by atoms with van der Waals surface area (Å²) < 4.78 is 5.11. The molecule has 0 aromatic heterocycles. The highest BCUT2D eigenvalue weighted by Crippen LogP contribution is 2.30. The fourth-order valence-electron chi connectivity index (χ4n) is 4.23. The number of nitrogens with one attached hydrogen (secondary N) is 2. The van der Waals surface area contributed by atoms with Crippen LogP contribution in [0.4, 0.5) is 5.69 Å². The molecule has 166 valence electrons. The Balaban J connectivity index is 1.48. The first-order chi connectivity index (χ1) is 15.6. The standard InChI is InChI=1S/C25H26ClN3O3/c1-32-23-12-11-18(15-21(23)26)28-25(31)24(30)27-16-22(29-13-4-5-14-29)20-10-6-8-17-7-2-3-9-19(17)20/h2-3,6-12,15,22H,4-5,13-14,16H2,1H3,(H,27,30)(H,28,31)/t22-/m0/s1. The molecule has 0 spiro atoms. The lowest BCUT2D eigenvalue weighted by atomic mass is 9.97. The third kappa shape index (κ3) is 4.87. The molecule has 0 bridgehead atoms. The molecule has 0 radical (unpaired) electrons. The van der Waals surface area contributed by atoms with Gasteiger partial charge in [0.25, 0.3) is 0 Å². The van der Waals surface area contributed by atoms with E-state index in [4.69, 9.17) is 16.3 Å². The van der Waals surface area contributed by atoms with E-state index in [9.17, 15) is 9.59 Å². The SMILES string of the molecule is COc1ccc(NC(=O)C(=O)NC[C@@H](c2cccc3ccccc23)N2CCCC2)cc1Cl. The lowest BCUT2D eigenvalue weighted by Gasteiger charge is -2.29. The second-order valence-electron chi connectivity index (χ2n) is 7.84. The number of benzene rings is 3. The number of hydrogen-bond donors (Lipinski definition) is 2. The second-order valence-corrected chi connectivity index (χ2v) is 8.25. The molecule has 3 aromatic rings. The number of rotatable bonds is 6. The molecule has 0 unspecified atom stereocenters. The Morgan fingerprint density at radius 3 is 2.53 bits per heavy atom. The van der Waals surface area contributed by atoms with Gasteiger partial charge in [-0.2, -0.15) is 0 Å². The van der Waals surface area contributed by atoms with Crippen molar-refractivity contribution in [2.75, 3.05) is 32.1 Å². The Labute approximate surface area is 192 Å². The highest BCUT2D eigenvalue weighted by molar-refractivity contribution is 6.40. The molecule has 3 aromatic carbocycles. The van der Waals surface area contributed by atoms with Crippen molar-refractivity contribution in [1.29, 1.82) is 0 Å². The van der Waals surface area contributed by atoms with Crippen molar-refractivity contribution in [2.45, 2.75) is 18.9 Å². The zero-order valence-corrected chi connectivity index (χ0v) is 18.7. The minimum Gasteiger partial charge on any atom is -0.495 e. The Morgan fingerprint density at radius 2 is 1.78 bits per heavy atom. The van der Waals surface area contributed by atoms with E-state index in [2.05, 4.69) is 39.8 Å². The van der Waals surface area contributed by atoms with Gasteiger partial charge in [0.1, 0.15) is 5.75 Å². The maximum atomic E-state index is 12.6. The fraction of sp³-hybridized carbons (Fsp3) is 0.280. The molecular formula is C25H26ClN3O3. The third-order valence-electron chi connectivity index (χ3n) is 5.84. The zero-order chi connectivity index (χ0) is 22.5. The molecule has 7 heteroatoms. The second kappa shape index (κ2) is 10.0. The van der Waals surface area contributed by atoms with Crippen LogP contribution in [0.3, 0.4) is 0 Å². The molecule has 0 saturated carbocycles. The topological polar surface area (TPSA) is 70.7 Å². The van der Waals surface area contributed by atoms with Crippen LogP contribution in [0.1, 0.15) is 24.4 Å². The highest BCUT2D eigenvalue weighted by Gasteiger charge is 2.26. The quantitative estimate of drug-likeness (QED) is 0.545. The van der Waals surface area contributed by atoms with Crippen LogP contribution in [-0.4, -0.2) is 43.5 Å². The summed E-state index contributed by atoms with van der Waals surface area (Å²) in [5, 5.41) is 8.11. The van der Waals surface area contributed by atoms with Gasteiger partial charge in [0.15, 0.2) is 0 Å². The molecule has 1 aliphatic heterocycles. The average molecular weight is 452 g/mol. The van der Waals surface area contributed by atoms with Crippen LogP contribution in [0.25, 0.3) is 10.8 Å². The number of halogens is 1. The summed E-state index contributed by atoms with van der Waals surface area (Å²) in [6.07, 6.45) is 2.27. The Hall–Kier alpha value is -3.09. The van der Waals surface area contributed by atoms with Gasteiger partial charge in [-0.1, -0.05) is 54.1 Å². The van der Waals surface area contributed by atoms with E-state index in [-0.39, 0.29) is 6.04 Å². The van der Waals surface area contributed by atoms with E-state index < -0.39 is 11.8 Å². The predicted octanol–water partition coefficient (Wildman–Crippen LogP) is 4.39. The first-order valence-electron chi connectivity index (χ1n) is 10.7. The van der Waals surface area contributed by atoms with E-state index in [1.807, 2.05) is 18.2 Å². The van der Waals surface area contributed by atoms with E-state index >= 15 is 0 Å². The molecule has 1 heterocycles. The van der Waals surface area contributed by atoms with E-state index in [1.165, 1.54) is 12.5 Å². The van der Waals surface area contributed by atoms with Gasteiger partial charge in [0, 0.05) is 12.2 Å². The maximum Gasteiger partial charge on any atom is 0.313 e. The summed E-state index contributed by atoms with van der Waals surface area (Å²) in [7, 11) is 1.51. The number of hydrogen-bond acceptors (Lipinski definition) is 4. The molecule has 1 atom stereocenters. The van der Waals surface area contributed by atoms with Crippen molar-refractivity contribution in [3.63, 3.8) is 0 Å². The van der Waals surface area contributed by atoms with Gasteiger partial charge in [0.2, 0.25) is 0 Å². The van der Waals surface area contributed by atoms with Gasteiger partial charge >= 0.3 is 11.8 Å². The first-order valence-corrected chi connectivity index (χ1v) is 11.1. The van der Waals surface area contributed by atoms with E-state index in [1.54, 1.807) is 18.2 Å². The molecule has 6 nitrogen and oxygen atoms in total.